The third-order valence-electron chi connectivity index (χ3n) is 3.70. The molecule has 2 rings (SSSR count). The molecule has 1 aromatic rings. The van der Waals surface area contributed by atoms with Crippen molar-refractivity contribution < 1.29 is 4.39 Å². The van der Waals surface area contributed by atoms with E-state index in [0.717, 1.165) is 25.2 Å². The van der Waals surface area contributed by atoms with Crippen molar-refractivity contribution in [1.82, 2.24) is 4.90 Å². The molecule has 0 saturated carbocycles. The van der Waals surface area contributed by atoms with Gasteiger partial charge in [-0.25, -0.2) is 4.39 Å². The van der Waals surface area contributed by atoms with Crippen LogP contribution in [0.1, 0.15) is 31.4 Å². The molecule has 2 unspecified atom stereocenters. The fourth-order valence-corrected chi connectivity index (χ4v) is 3.10. The molecule has 0 bridgehead atoms. The van der Waals surface area contributed by atoms with Crippen LogP contribution in [0.2, 0.25) is 0 Å². The van der Waals surface area contributed by atoms with Crippen molar-refractivity contribution in [3.63, 3.8) is 0 Å². The van der Waals surface area contributed by atoms with Crippen molar-refractivity contribution in [2.75, 3.05) is 13.1 Å². The SMILES string of the molecule is CC1CC(C)CN(Cc2ccc(F)cc2C(=N)N)C1. The highest BCUT2D eigenvalue weighted by Gasteiger charge is 2.22. The highest BCUT2D eigenvalue weighted by molar-refractivity contribution is 5.96. The summed E-state index contributed by atoms with van der Waals surface area (Å²) in [6.07, 6.45) is 1.26. The van der Waals surface area contributed by atoms with E-state index in [-0.39, 0.29) is 11.7 Å². The number of nitrogen functional groups attached to an aromatic ring is 1. The number of likely N-dealkylation sites (tertiary alicyclic amines) is 1. The molecule has 104 valence electrons. The Balaban J connectivity index is 2.16. The van der Waals surface area contributed by atoms with Gasteiger partial charge in [0.1, 0.15) is 11.7 Å². The quantitative estimate of drug-likeness (QED) is 0.650. The molecule has 0 aromatic heterocycles. The predicted octanol–water partition coefficient (Wildman–Crippen LogP) is 2.59. The first-order valence-electron chi connectivity index (χ1n) is 6.81. The Bertz CT molecular complexity index is 462. The molecule has 1 saturated heterocycles. The molecule has 1 aromatic carbocycles. The summed E-state index contributed by atoms with van der Waals surface area (Å²) in [5.41, 5.74) is 7.00. The Hall–Kier alpha value is -1.42. The minimum atomic E-state index is -0.339. The minimum absolute atomic E-state index is 0.0624. The van der Waals surface area contributed by atoms with Crippen molar-refractivity contribution >= 4 is 5.84 Å². The van der Waals surface area contributed by atoms with Crippen LogP contribution in [-0.2, 0) is 6.54 Å². The van der Waals surface area contributed by atoms with Gasteiger partial charge in [-0.15, -0.1) is 0 Å². The molecule has 4 heteroatoms. The van der Waals surface area contributed by atoms with Gasteiger partial charge in [0.2, 0.25) is 0 Å². The molecule has 1 fully saturated rings. The summed E-state index contributed by atoms with van der Waals surface area (Å²) in [4.78, 5) is 2.37. The summed E-state index contributed by atoms with van der Waals surface area (Å²) < 4.78 is 13.2. The lowest BCUT2D eigenvalue weighted by Crippen LogP contribution is -2.38. The zero-order chi connectivity index (χ0) is 14.0. The van der Waals surface area contributed by atoms with E-state index in [9.17, 15) is 4.39 Å². The first-order chi connectivity index (χ1) is 8.95. The molecule has 0 aliphatic carbocycles. The summed E-state index contributed by atoms with van der Waals surface area (Å²) >= 11 is 0. The zero-order valence-electron chi connectivity index (χ0n) is 11.6. The Kier molecular flexibility index (Phi) is 4.20. The third kappa shape index (κ3) is 3.53. The Morgan fingerprint density at radius 3 is 2.58 bits per heavy atom. The standard InChI is InChI=1S/C15H22FN3/c1-10-5-11(2)8-19(7-10)9-12-3-4-13(16)6-14(12)15(17)18/h3-4,6,10-11H,5,7-9H2,1-2H3,(H3,17,18). The molecule has 0 spiro atoms. The van der Waals surface area contributed by atoms with Gasteiger partial charge in [-0.1, -0.05) is 19.9 Å². The highest BCUT2D eigenvalue weighted by atomic mass is 19.1. The zero-order valence-corrected chi connectivity index (χ0v) is 11.6. The van der Waals surface area contributed by atoms with Crippen molar-refractivity contribution in [3.05, 3.63) is 35.1 Å². The van der Waals surface area contributed by atoms with Gasteiger partial charge >= 0.3 is 0 Å². The van der Waals surface area contributed by atoms with Gasteiger partial charge in [-0.05, 0) is 36.0 Å². The topological polar surface area (TPSA) is 53.1 Å². The van der Waals surface area contributed by atoms with Crippen LogP contribution in [0, 0.1) is 23.1 Å². The first kappa shape index (κ1) is 14.0. The molecule has 1 heterocycles. The number of rotatable bonds is 3. The second-order valence-electron chi connectivity index (χ2n) is 5.86. The molecule has 2 atom stereocenters. The van der Waals surface area contributed by atoms with Crippen LogP contribution in [-0.4, -0.2) is 23.8 Å². The number of hydrogen-bond acceptors (Lipinski definition) is 2. The molecule has 1 aliphatic rings. The first-order valence-corrected chi connectivity index (χ1v) is 6.81. The lowest BCUT2D eigenvalue weighted by molar-refractivity contribution is 0.134. The van der Waals surface area contributed by atoms with E-state index in [1.807, 2.05) is 0 Å². The maximum Gasteiger partial charge on any atom is 0.123 e. The van der Waals surface area contributed by atoms with Gasteiger partial charge in [0.05, 0.1) is 0 Å². The molecular weight excluding hydrogens is 241 g/mol. The third-order valence-corrected chi connectivity index (χ3v) is 3.70. The number of nitrogens with two attached hydrogens (primary N) is 1. The van der Waals surface area contributed by atoms with E-state index in [2.05, 4.69) is 18.7 Å². The average molecular weight is 263 g/mol. The summed E-state index contributed by atoms with van der Waals surface area (Å²) in [6, 6.07) is 4.54. The fourth-order valence-electron chi connectivity index (χ4n) is 3.10. The monoisotopic (exact) mass is 263 g/mol. The number of nitrogens with one attached hydrogen (secondary N) is 1. The maximum absolute atomic E-state index is 13.2. The van der Waals surface area contributed by atoms with Crippen molar-refractivity contribution in [3.8, 4) is 0 Å². The van der Waals surface area contributed by atoms with Crippen LogP contribution in [0.3, 0.4) is 0 Å². The van der Waals surface area contributed by atoms with Crippen molar-refractivity contribution in [1.29, 1.82) is 5.41 Å². The maximum atomic E-state index is 13.2. The fraction of sp³-hybridized carbons (Fsp3) is 0.533. The van der Waals surface area contributed by atoms with Crippen LogP contribution >= 0.6 is 0 Å². The predicted molar refractivity (Wildman–Crippen MR) is 75.6 cm³/mol. The summed E-state index contributed by atoms with van der Waals surface area (Å²) in [5.74, 6) is 0.969. The van der Waals surface area contributed by atoms with E-state index in [4.69, 9.17) is 11.1 Å². The van der Waals surface area contributed by atoms with Crippen molar-refractivity contribution in [2.45, 2.75) is 26.8 Å². The van der Waals surface area contributed by atoms with Crippen LogP contribution in [0.15, 0.2) is 18.2 Å². The van der Waals surface area contributed by atoms with Crippen LogP contribution in [0.25, 0.3) is 0 Å². The van der Waals surface area contributed by atoms with E-state index in [0.29, 0.717) is 17.4 Å². The Morgan fingerprint density at radius 1 is 1.37 bits per heavy atom. The molecular formula is C15H22FN3. The number of halogens is 1. The summed E-state index contributed by atoms with van der Waals surface area (Å²) in [7, 11) is 0. The van der Waals surface area contributed by atoms with Crippen molar-refractivity contribution in [2.24, 2.45) is 17.6 Å². The molecule has 0 radical (unpaired) electrons. The normalized spacial score (nSPS) is 24.4. The van der Waals surface area contributed by atoms with Gasteiger partial charge < -0.3 is 5.73 Å². The number of amidine groups is 1. The molecule has 19 heavy (non-hydrogen) atoms. The lowest BCUT2D eigenvalue weighted by Gasteiger charge is -2.35. The van der Waals surface area contributed by atoms with E-state index in [1.165, 1.54) is 18.6 Å². The number of benzene rings is 1. The Labute approximate surface area is 114 Å². The second kappa shape index (κ2) is 5.70. The lowest BCUT2D eigenvalue weighted by atomic mass is 9.91. The number of nitrogens with zero attached hydrogens (tertiary/aromatic N) is 1. The van der Waals surface area contributed by atoms with Gasteiger partial charge in [0.25, 0.3) is 0 Å². The summed E-state index contributed by atoms with van der Waals surface area (Å²) in [6.45, 7) is 7.38. The van der Waals surface area contributed by atoms with Gasteiger partial charge in [-0.3, -0.25) is 10.3 Å². The minimum Gasteiger partial charge on any atom is -0.384 e. The largest absolute Gasteiger partial charge is 0.384 e. The van der Waals surface area contributed by atoms with Crippen LogP contribution < -0.4 is 5.73 Å². The molecule has 3 nitrogen and oxygen atoms in total. The van der Waals surface area contributed by atoms with Crippen LogP contribution in [0.4, 0.5) is 4.39 Å². The molecule has 1 aliphatic heterocycles. The number of piperidine rings is 1. The van der Waals surface area contributed by atoms with Gasteiger partial charge in [0.15, 0.2) is 0 Å². The second-order valence-corrected chi connectivity index (χ2v) is 5.86. The average Bonchev–Trinajstić information content (AvgIpc) is 2.30. The van der Waals surface area contributed by atoms with E-state index in [1.54, 1.807) is 6.07 Å². The van der Waals surface area contributed by atoms with Gasteiger partial charge in [-0.2, -0.15) is 0 Å². The van der Waals surface area contributed by atoms with E-state index >= 15 is 0 Å². The molecule has 0 amide bonds. The van der Waals surface area contributed by atoms with Gasteiger partial charge in [0, 0.05) is 25.2 Å². The number of hydrogen-bond donors (Lipinski definition) is 2. The highest BCUT2D eigenvalue weighted by Crippen LogP contribution is 2.23. The smallest absolute Gasteiger partial charge is 0.123 e. The van der Waals surface area contributed by atoms with Crippen LogP contribution in [0.5, 0.6) is 0 Å². The molecule has 3 N–H and O–H groups in total. The Morgan fingerprint density at radius 2 is 2.00 bits per heavy atom. The van der Waals surface area contributed by atoms with E-state index < -0.39 is 0 Å². The summed E-state index contributed by atoms with van der Waals surface area (Å²) in [5, 5.41) is 7.56.